The predicted molar refractivity (Wildman–Crippen MR) is 72.3 cm³/mol. The van der Waals surface area contributed by atoms with Gasteiger partial charge in [-0.15, -0.1) is 0 Å². The van der Waals surface area contributed by atoms with Gasteiger partial charge in [0.15, 0.2) is 0 Å². The number of hydrogen-bond acceptors (Lipinski definition) is 2. The van der Waals surface area contributed by atoms with E-state index in [1.807, 2.05) is 13.0 Å². The van der Waals surface area contributed by atoms with Gasteiger partial charge in [-0.3, -0.25) is 0 Å². The molecule has 0 N–H and O–H groups in total. The van der Waals surface area contributed by atoms with Crippen molar-refractivity contribution in [1.29, 1.82) is 5.26 Å². The molecule has 2 aromatic carbocycles. The molecule has 0 saturated heterocycles. The average Bonchev–Trinajstić information content (AvgIpc) is 2.45. The Kier molecular flexibility index (Phi) is 4.15. The number of nitriles is 1. The molecule has 0 fully saturated rings. The van der Waals surface area contributed by atoms with E-state index in [1.54, 1.807) is 36.4 Å². The minimum Gasteiger partial charge on any atom is -0.494 e. The number of rotatable bonds is 4. The van der Waals surface area contributed by atoms with Crippen molar-refractivity contribution in [2.24, 2.45) is 0 Å². The predicted octanol–water partition coefficient (Wildman–Crippen LogP) is 4.15. The quantitative estimate of drug-likeness (QED) is 0.822. The molecule has 0 aliphatic carbocycles. The highest BCUT2D eigenvalue weighted by Crippen LogP contribution is 2.26. The van der Waals surface area contributed by atoms with Gasteiger partial charge in [-0.2, -0.15) is 5.26 Å². The van der Waals surface area contributed by atoms with Crippen molar-refractivity contribution in [2.75, 3.05) is 6.61 Å². The zero-order valence-corrected chi connectivity index (χ0v) is 10.7. The summed E-state index contributed by atoms with van der Waals surface area (Å²) in [6.45, 7) is 2.58. The number of halogens is 1. The fourth-order valence-corrected chi connectivity index (χ4v) is 1.76. The second-order valence-electron chi connectivity index (χ2n) is 4.18. The van der Waals surface area contributed by atoms with Crippen LogP contribution in [0, 0.1) is 17.1 Å². The van der Waals surface area contributed by atoms with E-state index in [9.17, 15) is 4.39 Å². The summed E-state index contributed by atoms with van der Waals surface area (Å²) >= 11 is 0. The largest absolute Gasteiger partial charge is 0.494 e. The molecule has 96 valence electrons. The van der Waals surface area contributed by atoms with Gasteiger partial charge in [0.05, 0.1) is 18.2 Å². The third-order valence-electron chi connectivity index (χ3n) is 2.74. The number of ether oxygens (including phenoxy) is 1. The molecule has 0 bridgehead atoms. The lowest BCUT2D eigenvalue weighted by molar-refractivity contribution is 0.316. The van der Waals surface area contributed by atoms with Crippen LogP contribution in [-0.2, 0) is 0 Å². The number of hydrogen-bond donors (Lipinski definition) is 0. The van der Waals surface area contributed by atoms with Crippen LogP contribution in [0.5, 0.6) is 5.75 Å². The van der Waals surface area contributed by atoms with Crippen LogP contribution in [0.1, 0.15) is 18.9 Å². The number of nitrogens with zero attached hydrogens (tertiary/aromatic N) is 1. The van der Waals surface area contributed by atoms with Gasteiger partial charge in [0.25, 0.3) is 0 Å². The zero-order valence-electron chi connectivity index (χ0n) is 10.7. The molecule has 0 amide bonds. The van der Waals surface area contributed by atoms with Crippen LogP contribution in [-0.4, -0.2) is 6.61 Å². The van der Waals surface area contributed by atoms with Gasteiger partial charge in [0.2, 0.25) is 0 Å². The fourth-order valence-electron chi connectivity index (χ4n) is 1.76. The first kappa shape index (κ1) is 13.1. The van der Waals surface area contributed by atoms with Crippen LogP contribution in [0.15, 0.2) is 42.5 Å². The van der Waals surface area contributed by atoms with Crippen molar-refractivity contribution < 1.29 is 9.13 Å². The maximum Gasteiger partial charge on any atom is 0.134 e. The highest BCUT2D eigenvalue weighted by Gasteiger charge is 2.06. The van der Waals surface area contributed by atoms with Crippen molar-refractivity contribution in [2.45, 2.75) is 13.3 Å². The summed E-state index contributed by atoms with van der Waals surface area (Å²) < 4.78 is 19.4. The Bertz CT molecular complexity index is 599. The summed E-state index contributed by atoms with van der Waals surface area (Å²) in [4.78, 5) is 0. The zero-order chi connectivity index (χ0) is 13.7. The monoisotopic (exact) mass is 255 g/mol. The van der Waals surface area contributed by atoms with Gasteiger partial charge in [-0.1, -0.05) is 19.1 Å². The number of benzene rings is 2. The van der Waals surface area contributed by atoms with E-state index in [0.717, 1.165) is 12.0 Å². The third-order valence-corrected chi connectivity index (χ3v) is 2.74. The SMILES string of the molecule is CCCOc1ccc(-c2ccc(C#N)cc2)c(F)c1. The molecule has 2 aromatic rings. The second-order valence-corrected chi connectivity index (χ2v) is 4.18. The Hall–Kier alpha value is -2.34. The van der Waals surface area contributed by atoms with E-state index in [-0.39, 0.29) is 5.82 Å². The van der Waals surface area contributed by atoms with E-state index >= 15 is 0 Å². The van der Waals surface area contributed by atoms with Gasteiger partial charge >= 0.3 is 0 Å². The molecule has 2 rings (SSSR count). The van der Waals surface area contributed by atoms with Crippen molar-refractivity contribution in [3.05, 3.63) is 53.8 Å². The summed E-state index contributed by atoms with van der Waals surface area (Å²) in [7, 11) is 0. The molecule has 0 aromatic heterocycles. The van der Waals surface area contributed by atoms with Gasteiger partial charge in [-0.25, -0.2) is 4.39 Å². The lowest BCUT2D eigenvalue weighted by Crippen LogP contribution is -1.96. The van der Waals surface area contributed by atoms with Crippen LogP contribution in [0.2, 0.25) is 0 Å². The molecule has 0 unspecified atom stereocenters. The van der Waals surface area contributed by atoms with Crippen LogP contribution in [0.25, 0.3) is 11.1 Å². The average molecular weight is 255 g/mol. The highest BCUT2D eigenvalue weighted by atomic mass is 19.1. The van der Waals surface area contributed by atoms with Crippen LogP contribution in [0.3, 0.4) is 0 Å². The molecular weight excluding hydrogens is 241 g/mol. The molecule has 0 saturated carbocycles. The Labute approximate surface area is 112 Å². The van der Waals surface area contributed by atoms with E-state index in [4.69, 9.17) is 10.00 Å². The summed E-state index contributed by atoms with van der Waals surface area (Å²) in [5, 5.41) is 8.73. The van der Waals surface area contributed by atoms with Gasteiger partial charge < -0.3 is 4.74 Å². The highest BCUT2D eigenvalue weighted by molar-refractivity contribution is 5.65. The summed E-state index contributed by atoms with van der Waals surface area (Å²) in [6, 6.07) is 13.7. The van der Waals surface area contributed by atoms with Crippen molar-refractivity contribution in [3.8, 4) is 22.9 Å². The molecule has 19 heavy (non-hydrogen) atoms. The van der Waals surface area contributed by atoms with Crippen molar-refractivity contribution in [1.82, 2.24) is 0 Å². The normalized spacial score (nSPS) is 9.95. The molecule has 0 heterocycles. The maximum absolute atomic E-state index is 14.0. The summed E-state index contributed by atoms with van der Waals surface area (Å²) in [5.74, 6) is 0.218. The molecule has 0 spiro atoms. The van der Waals surface area contributed by atoms with Crippen LogP contribution in [0.4, 0.5) is 4.39 Å². The first-order valence-electron chi connectivity index (χ1n) is 6.17. The summed E-state index contributed by atoms with van der Waals surface area (Å²) in [6.07, 6.45) is 0.888. The Morgan fingerprint density at radius 2 is 1.89 bits per heavy atom. The van der Waals surface area contributed by atoms with Crippen LogP contribution >= 0.6 is 0 Å². The van der Waals surface area contributed by atoms with Crippen LogP contribution < -0.4 is 4.74 Å². The minimum atomic E-state index is -0.321. The van der Waals surface area contributed by atoms with Crippen molar-refractivity contribution >= 4 is 0 Å². The van der Waals surface area contributed by atoms with E-state index in [0.29, 0.717) is 23.5 Å². The fraction of sp³-hybridized carbons (Fsp3) is 0.188. The first-order valence-corrected chi connectivity index (χ1v) is 6.17. The van der Waals surface area contributed by atoms with E-state index < -0.39 is 0 Å². The summed E-state index contributed by atoms with van der Waals surface area (Å²) in [5.41, 5.74) is 1.82. The Balaban J connectivity index is 2.27. The Morgan fingerprint density at radius 3 is 2.47 bits per heavy atom. The van der Waals surface area contributed by atoms with E-state index in [2.05, 4.69) is 0 Å². The third kappa shape index (κ3) is 3.11. The first-order chi connectivity index (χ1) is 9.24. The smallest absolute Gasteiger partial charge is 0.134 e. The minimum absolute atomic E-state index is 0.321. The van der Waals surface area contributed by atoms with Gasteiger partial charge in [0, 0.05) is 11.6 Å². The molecule has 2 nitrogen and oxygen atoms in total. The topological polar surface area (TPSA) is 33.0 Å². The van der Waals surface area contributed by atoms with Crippen molar-refractivity contribution in [3.63, 3.8) is 0 Å². The molecule has 3 heteroatoms. The lowest BCUT2D eigenvalue weighted by atomic mass is 10.0. The lowest BCUT2D eigenvalue weighted by Gasteiger charge is -2.08. The van der Waals surface area contributed by atoms with E-state index in [1.165, 1.54) is 6.07 Å². The maximum atomic E-state index is 14.0. The Morgan fingerprint density at radius 1 is 1.16 bits per heavy atom. The standard InChI is InChI=1S/C16H14FNO/c1-2-9-19-14-7-8-15(16(17)10-14)13-5-3-12(11-18)4-6-13/h3-8,10H,2,9H2,1H3. The molecule has 0 aliphatic rings. The van der Waals surface area contributed by atoms with Gasteiger partial charge in [-0.05, 0) is 36.2 Å². The van der Waals surface area contributed by atoms with Gasteiger partial charge in [0.1, 0.15) is 11.6 Å². The molecular formula is C16H14FNO. The molecule has 0 radical (unpaired) electrons. The molecule has 0 atom stereocenters. The molecule has 0 aliphatic heterocycles. The second kappa shape index (κ2) is 6.01.